The zero-order valence-electron chi connectivity index (χ0n) is 15.0. The molecule has 2 aromatic carbocycles. The lowest BCUT2D eigenvalue weighted by Gasteiger charge is -2.20. The van der Waals surface area contributed by atoms with Gasteiger partial charge in [0.05, 0.1) is 5.69 Å². The van der Waals surface area contributed by atoms with E-state index in [4.69, 9.17) is 0 Å². The summed E-state index contributed by atoms with van der Waals surface area (Å²) in [5.41, 5.74) is 3.61. The molecule has 3 nitrogen and oxygen atoms in total. The van der Waals surface area contributed by atoms with Gasteiger partial charge in [0.15, 0.2) is 0 Å². The second-order valence-corrected chi connectivity index (χ2v) is 6.49. The standard InChI is InChI=1S/C22H16F3N3/c1-14-12-20(17-10-11-26-21(25)13-17)27-28(14)22(15-2-6-18(23)7-3-15)16-4-8-19(24)9-5-16/h2-13,22H,1H3. The van der Waals surface area contributed by atoms with E-state index in [1.165, 1.54) is 36.5 Å². The van der Waals surface area contributed by atoms with Gasteiger partial charge in [-0.3, -0.25) is 4.68 Å². The summed E-state index contributed by atoms with van der Waals surface area (Å²) in [5, 5.41) is 4.65. The van der Waals surface area contributed by atoms with Crippen LogP contribution in [0, 0.1) is 24.5 Å². The van der Waals surface area contributed by atoms with Gasteiger partial charge in [-0.1, -0.05) is 24.3 Å². The van der Waals surface area contributed by atoms with E-state index >= 15 is 0 Å². The van der Waals surface area contributed by atoms with Crippen LogP contribution in [0.15, 0.2) is 72.9 Å². The molecule has 0 N–H and O–H groups in total. The fourth-order valence-corrected chi connectivity index (χ4v) is 3.22. The average Bonchev–Trinajstić information content (AvgIpc) is 3.06. The van der Waals surface area contributed by atoms with E-state index in [0.29, 0.717) is 11.3 Å². The Morgan fingerprint density at radius 2 is 1.36 bits per heavy atom. The molecule has 0 aliphatic carbocycles. The monoisotopic (exact) mass is 379 g/mol. The summed E-state index contributed by atoms with van der Waals surface area (Å²) >= 11 is 0. The van der Waals surface area contributed by atoms with Gasteiger partial charge in [0.25, 0.3) is 0 Å². The van der Waals surface area contributed by atoms with Crippen LogP contribution in [0.1, 0.15) is 22.9 Å². The van der Waals surface area contributed by atoms with Gasteiger partial charge >= 0.3 is 0 Å². The Kier molecular flexibility index (Phi) is 4.69. The fraction of sp³-hybridized carbons (Fsp3) is 0.0909. The van der Waals surface area contributed by atoms with Crippen molar-refractivity contribution in [1.82, 2.24) is 14.8 Å². The van der Waals surface area contributed by atoms with Gasteiger partial charge in [-0.25, -0.2) is 13.8 Å². The van der Waals surface area contributed by atoms with Crippen LogP contribution >= 0.6 is 0 Å². The quantitative estimate of drug-likeness (QED) is 0.450. The van der Waals surface area contributed by atoms with Gasteiger partial charge in [-0.05, 0) is 54.4 Å². The van der Waals surface area contributed by atoms with Crippen molar-refractivity contribution in [2.45, 2.75) is 13.0 Å². The first kappa shape index (κ1) is 18.0. The fourth-order valence-electron chi connectivity index (χ4n) is 3.22. The first-order valence-corrected chi connectivity index (χ1v) is 8.70. The topological polar surface area (TPSA) is 30.7 Å². The van der Waals surface area contributed by atoms with Crippen molar-refractivity contribution in [1.29, 1.82) is 0 Å². The smallest absolute Gasteiger partial charge is 0.213 e. The van der Waals surface area contributed by atoms with Gasteiger partial charge in [0.1, 0.15) is 17.7 Å². The maximum Gasteiger partial charge on any atom is 0.213 e. The predicted octanol–water partition coefficient (Wildman–Crippen LogP) is 5.31. The van der Waals surface area contributed by atoms with Crippen LogP contribution < -0.4 is 0 Å². The Morgan fingerprint density at radius 3 is 1.89 bits per heavy atom. The molecule has 0 amide bonds. The molecule has 0 saturated carbocycles. The molecule has 0 saturated heterocycles. The highest BCUT2D eigenvalue weighted by Gasteiger charge is 2.21. The molecular weight excluding hydrogens is 363 g/mol. The van der Waals surface area contributed by atoms with Crippen molar-refractivity contribution in [2.24, 2.45) is 0 Å². The number of rotatable bonds is 4. The minimum atomic E-state index is -0.585. The average molecular weight is 379 g/mol. The third-order valence-corrected chi connectivity index (χ3v) is 4.56. The second kappa shape index (κ2) is 7.31. The highest BCUT2D eigenvalue weighted by Crippen LogP contribution is 2.30. The van der Waals surface area contributed by atoms with Crippen LogP contribution in [0.2, 0.25) is 0 Å². The lowest BCUT2D eigenvalue weighted by molar-refractivity contribution is 0.573. The molecule has 4 rings (SSSR count). The summed E-state index contributed by atoms with van der Waals surface area (Å²) in [6.45, 7) is 1.88. The van der Waals surface area contributed by atoms with E-state index in [0.717, 1.165) is 16.8 Å². The number of halogens is 3. The van der Waals surface area contributed by atoms with Gasteiger partial charge in [-0.2, -0.15) is 9.49 Å². The van der Waals surface area contributed by atoms with Crippen LogP contribution in [-0.4, -0.2) is 14.8 Å². The van der Waals surface area contributed by atoms with Crippen molar-refractivity contribution in [3.05, 3.63) is 107 Å². The lowest BCUT2D eigenvalue weighted by Crippen LogP contribution is -2.15. The lowest BCUT2D eigenvalue weighted by atomic mass is 9.98. The van der Waals surface area contributed by atoms with Crippen molar-refractivity contribution in [2.75, 3.05) is 0 Å². The Balaban J connectivity index is 1.85. The Labute approximate surface area is 160 Å². The summed E-state index contributed by atoms with van der Waals surface area (Å²) < 4.78 is 42.2. The highest BCUT2D eigenvalue weighted by atomic mass is 19.1. The normalized spacial score (nSPS) is 11.2. The van der Waals surface area contributed by atoms with Gasteiger partial charge < -0.3 is 0 Å². The third-order valence-electron chi connectivity index (χ3n) is 4.56. The van der Waals surface area contributed by atoms with Crippen LogP contribution in [0.4, 0.5) is 13.2 Å². The summed E-state index contributed by atoms with van der Waals surface area (Å²) in [6.07, 6.45) is 1.39. The molecule has 28 heavy (non-hydrogen) atoms. The molecule has 4 aromatic rings. The number of nitrogens with zero attached hydrogens (tertiary/aromatic N) is 3. The van der Waals surface area contributed by atoms with Crippen molar-refractivity contribution < 1.29 is 13.2 Å². The SMILES string of the molecule is Cc1cc(-c2ccnc(F)c2)nn1C(c1ccc(F)cc1)c1ccc(F)cc1. The number of aryl methyl sites for hydroxylation is 1. The van der Waals surface area contributed by atoms with Gasteiger partial charge in [0, 0.05) is 23.5 Å². The summed E-state index contributed by atoms with van der Waals surface area (Å²) in [7, 11) is 0. The van der Waals surface area contributed by atoms with Crippen LogP contribution in [0.5, 0.6) is 0 Å². The molecule has 140 valence electrons. The third kappa shape index (κ3) is 3.53. The molecule has 0 radical (unpaired) electrons. The number of hydrogen-bond donors (Lipinski definition) is 0. The van der Waals surface area contributed by atoms with E-state index in [-0.39, 0.29) is 17.7 Å². The summed E-state index contributed by atoms with van der Waals surface area (Å²) in [4.78, 5) is 3.57. The zero-order chi connectivity index (χ0) is 19.7. The molecule has 2 aromatic heterocycles. The van der Waals surface area contributed by atoms with E-state index in [2.05, 4.69) is 10.1 Å². The van der Waals surface area contributed by atoms with Crippen LogP contribution in [-0.2, 0) is 0 Å². The molecule has 0 bridgehead atoms. The van der Waals surface area contributed by atoms with E-state index in [1.54, 1.807) is 35.0 Å². The minimum Gasteiger partial charge on any atom is -0.257 e. The van der Waals surface area contributed by atoms with Crippen LogP contribution in [0.25, 0.3) is 11.3 Å². The second-order valence-electron chi connectivity index (χ2n) is 6.49. The minimum absolute atomic E-state index is 0.341. The van der Waals surface area contributed by atoms with Crippen LogP contribution in [0.3, 0.4) is 0 Å². The molecule has 6 heteroatoms. The summed E-state index contributed by atoms with van der Waals surface area (Å²) in [6, 6.07) is 16.7. The highest BCUT2D eigenvalue weighted by molar-refractivity contribution is 5.58. The molecule has 0 aliphatic heterocycles. The number of pyridine rings is 1. The Morgan fingerprint density at radius 1 is 0.786 bits per heavy atom. The van der Waals surface area contributed by atoms with Crippen molar-refractivity contribution >= 4 is 0 Å². The van der Waals surface area contributed by atoms with Crippen molar-refractivity contribution in [3.8, 4) is 11.3 Å². The number of aromatic nitrogens is 3. The van der Waals surface area contributed by atoms with Gasteiger partial charge in [0.2, 0.25) is 5.95 Å². The molecule has 2 heterocycles. The molecular formula is C22H16F3N3. The molecule has 0 atom stereocenters. The first-order valence-electron chi connectivity index (χ1n) is 8.70. The maximum atomic E-state index is 13.5. The Hall–Kier alpha value is -3.41. The number of benzene rings is 2. The van der Waals surface area contributed by atoms with E-state index in [9.17, 15) is 13.2 Å². The van der Waals surface area contributed by atoms with Crippen molar-refractivity contribution in [3.63, 3.8) is 0 Å². The maximum absolute atomic E-state index is 13.5. The van der Waals surface area contributed by atoms with E-state index < -0.39 is 5.95 Å². The Bertz CT molecular complexity index is 1060. The number of hydrogen-bond acceptors (Lipinski definition) is 2. The van der Waals surface area contributed by atoms with Gasteiger partial charge in [-0.15, -0.1) is 0 Å². The molecule has 0 fully saturated rings. The summed E-state index contributed by atoms with van der Waals surface area (Å²) in [5.74, 6) is -1.27. The molecule has 0 aliphatic rings. The molecule has 0 unspecified atom stereocenters. The van der Waals surface area contributed by atoms with E-state index in [1.807, 2.05) is 13.0 Å². The largest absolute Gasteiger partial charge is 0.257 e. The molecule has 0 spiro atoms. The predicted molar refractivity (Wildman–Crippen MR) is 100 cm³/mol. The first-order chi connectivity index (χ1) is 13.5. The zero-order valence-corrected chi connectivity index (χ0v) is 15.0.